The van der Waals surface area contributed by atoms with Gasteiger partial charge in [0.2, 0.25) is 5.03 Å². The Hall–Kier alpha value is -3.38. The Morgan fingerprint density at radius 2 is 1.68 bits per heavy atom. The number of sulfonamides is 1. The summed E-state index contributed by atoms with van der Waals surface area (Å²) in [5.74, 6) is -0.771. The fourth-order valence-corrected chi connectivity index (χ4v) is 5.74. The van der Waals surface area contributed by atoms with Gasteiger partial charge in [-0.3, -0.25) is 9.48 Å². The van der Waals surface area contributed by atoms with E-state index in [2.05, 4.69) is 15.3 Å². The van der Waals surface area contributed by atoms with E-state index in [0.717, 1.165) is 41.1 Å². The van der Waals surface area contributed by atoms with Crippen molar-refractivity contribution < 1.29 is 26.4 Å². The largest absolute Gasteiger partial charge is 0.416 e. The third-order valence-corrected chi connectivity index (χ3v) is 8.34. The first kappa shape index (κ1) is 26.7. The molecule has 4 rings (SSSR count). The maximum Gasteiger partial charge on any atom is 0.416 e. The molecule has 0 aliphatic carbocycles. The first-order valence-electron chi connectivity index (χ1n) is 11.8. The van der Waals surface area contributed by atoms with Crippen LogP contribution in [0.3, 0.4) is 0 Å². The number of nitrogens with one attached hydrogen (secondary N) is 1. The van der Waals surface area contributed by atoms with Crippen molar-refractivity contribution in [3.05, 3.63) is 70.9 Å². The lowest BCUT2D eigenvalue weighted by atomic mass is 10.1. The summed E-state index contributed by atoms with van der Waals surface area (Å²) in [6.07, 6.45) is -3.17. The molecule has 3 aromatic rings. The number of piperazine rings is 1. The normalized spacial score (nSPS) is 15.1. The van der Waals surface area contributed by atoms with Crippen molar-refractivity contribution in [2.24, 2.45) is 0 Å². The Bertz CT molecular complexity index is 1390. The van der Waals surface area contributed by atoms with Crippen LogP contribution in [0.2, 0.25) is 0 Å². The maximum absolute atomic E-state index is 13.5. The zero-order valence-electron chi connectivity index (χ0n) is 20.7. The zero-order chi connectivity index (χ0) is 27.0. The smallest absolute Gasteiger partial charge is 0.369 e. The van der Waals surface area contributed by atoms with E-state index in [0.29, 0.717) is 19.6 Å². The molecule has 37 heavy (non-hydrogen) atoms. The number of rotatable bonds is 6. The summed E-state index contributed by atoms with van der Waals surface area (Å²) >= 11 is 0. The van der Waals surface area contributed by atoms with Gasteiger partial charge in [-0.05, 0) is 62.2 Å². The molecule has 0 unspecified atom stereocenters. The van der Waals surface area contributed by atoms with E-state index in [4.69, 9.17) is 0 Å². The number of nitrogens with zero attached hydrogens (tertiary/aromatic N) is 4. The molecule has 0 spiro atoms. The first-order valence-corrected chi connectivity index (χ1v) is 13.2. The third-order valence-electron chi connectivity index (χ3n) is 6.51. The molecule has 0 saturated carbocycles. The molecule has 8 nitrogen and oxygen atoms in total. The Kier molecular flexibility index (Phi) is 7.33. The van der Waals surface area contributed by atoms with E-state index in [1.165, 1.54) is 15.2 Å². The average Bonchev–Trinajstić information content (AvgIpc) is 3.31. The Labute approximate surface area is 213 Å². The molecule has 198 valence electrons. The van der Waals surface area contributed by atoms with E-state index in [1.807, 2.05) is 32.0 Å². The number of anilines is 2. The van der Waals surface area contributed by atoms with Crippen molar-refractivity contribution in [2.75, 3.05) is 36.4 Å². The van der Waals surface area contributed by atoms with Gasteiger partial charge >= 0.3 is 6.18 Å². The van der Waals surface area contributed by atoms with Crippen LogP contribution in [0, 0.1) is 13.8 Å². The molecule has 1 fully saturated rings. The molecule has 0 atom stereocenters. The molecule has 1 aromatic heterocycles. The summed E-state index contributed by atoms with van der Waals surface area (Å²) in [4.78, 5) is 15.1. The molecule has 1 amide bonds. The van der Waals surface area contributed by atoms with Gasteiger partial charge < -0.3 is 10.2 Å². The SMILES string of the molecule is CCn1cc(C(=O)Nc2ccc(C(F)(F)F)cc2)c(S(=O)(=O)N2CCN(c3cccc(C)c3C)CC2)n1. The lowest BCUT2D eigenvalue weighted by molar-refractivity contribution is -0.137. The molecule has 0 bridgehead atoms. The second-order valence-corrected chi connectivity index (χ2v) is 10.7. The van der Waals surface area contributed by atoms with Gasteiger partial charge in [0.1, 0.15) is 0 Å². The quantitative estimate of drug-likeness (QED) is 0.509. The monoisotopic (exact) mass is 535 g/mol. The highest BCUT2D eigenvalue weighted by Crippen LogP contribution is 2.30. The lowest BCUT2D eigenvalue weighted by Gasteiger charge is -2.36. The van der Waals surface area contributed by atoms with Crippen molar-refractivity contribution in [1.82, 2.24) is 14.1 Å². The number of alkyl halides is 3. The van der Waals surface area contributed by atoms with Crippen LogP contribution in [0.15, 0.2) is 53.7 Å². The minimum absolute atomic E-state index is 0.104. The van der Waals surface area contributed by atoms with Gasteiger partial charge in [-0.15, -0.1) is 0 Å². The Morgan fingerprint density at radius 1 is 1.03 bits per heavy atom. The van der Waals surface area contributed by atoms with E-state index in [1.54, 1.807) is 6.92 Å². The van der Waals surface area contributed by atoms with Crippen LogP contribution in [0.5, 0.6) is 0 Å². The summed E-state index contributed by atoms with van der Waals surface area (Å²) < 4.78 is 68.2. The van der Waals surface area contributed by atoms with Crippen LogP contribution in [-0.4, -0.2) is 54.6 Å². The van der Waals surface area contributed by atoms with Crippen LogP contribution in [-0.2, 0) is 22.7 Å². The van der Waals surface area contributed by atoms with Gasteiger partial charge in [-0.2, -0.15) is 22.6 Å². The minimum atomic E-state index is -4.51. The number of hydrogen-bond acceptors (Lipinski definition) is 5. The van der Waals surface area contributed by atoms with Gasteiger partial charge in [0, 0.05) is 50.3 Å². The fraction of sp³-hybridized carbons (Fsp3) is 0.360. The van der Waals surface area contributed by atoms with E-state index in [9.17, 15) is 26.4 Å². The minimum Gasteiger partial charge on any atom is -0.369 e. The second kappa shape index (κ2) is 10.2. The highest BCUT2D eigenvalue weighted by molar-refractivity contribution is 7.89. The third kappa shape index (κ3) is 5.49. The molecule has 1 aliphatic rings. The highest BCUT2D eigenvalue weighted by atomic mass is 32.2. The summed E-state index contributed by atoms with van der Waals surface area (Å²) in [6, 6.07) is 9.94. The molecule has 0 radical (unpaired) electrons. The number of aryl methyl sites for hydroxylation is 2. The summed E-state index contributed by atoms with van der Waals surface area (Å²) in [6.45, 7) is 7.54. The van der Waals surface area contributed by atoms with Gasteiger partial charge in [-0.1, -0.05) is 12.1 Å². The predicted molar refractivity (Wildman–Crippen MR) is 134 cm³/mol. The number of carbonyl (C=O) groups excluding carboxylic acids is 1. The fourth-order valence-electron chi connectivity index (χ4n) is 4.22. The molecule has 12 heteroatoms. The molecular weight excluding hydrogens is 507 g/mol. The van der Waals surface area contributed by atoms with Crippen LogP contribution in [0.25, 0.3) is 0 Å². The van der Waals surface area contributed by atoms with Crippen molar-refractivity contribution in [3.8, 4) is 0 Å². The second-order valence-electron chi connectivity index (χ2n) is 8.84. The molecular formula is C25H28F3N5O3S. The van der Waals surface area contributed by atoms with Crippen molar-refractivity contribution >= 4 is 27.3 Å². The van der Waals surface area contributed by atoms with E-state index >= 15 is 0 Å². The average molecular weight is 536 g/mol. The number of amides is 1. The van der Waals surface area contributed by atoms with Gasteiger partial charge in [0.15, 0.2) is 0 Å². The van der Waals surface area contributed by atoms with E-state index < -0.39 is 27.7 Å². The maximum atomic E-state index is 13.5. The Morgan fingerprint density at radius 3 is 2.27 bits per heavy atom. The molecule has 2 aromatic carbocycles. The summed E-state index contributed by atoms with van der Waals surface area (Å²) in [5.41, 5.74) is 2.44. The summed E-state index contributed by atoms with van der Waals surface area (Å²) in [7, 11) is -4.10. The molecule has 1 aliphatic heterocycles. The number of aromatic nitrogens is 2. The van der Waals surface area contributed by atoms with Gasteiger partial charge in [0.25, 0.3) is 15.9 Å². The molecule has 1 saturated heterocycles. The first-order chi connectivity index (χ1) is 17.4. The van der Waals surface area contributed by atoms with Crippen LogP contribution < -0.4 is 10.2 Å². The van der Waals surface area contributed by atoms with E-state index in [-0.39, 0.29) is 29.4 Å². The number of benzene rings is 2. The molecule has 1 N–H and O–H groups in total. The predicted octanol–water partition coefficient (Wildman–Crippen LogP) is 4.30. The zero-order valence-corrected chi connectivity index (χ0v) is 21.5. The van der Waals surface area contributed by atoms with Crippen molar-refractivity contribution in [1.29, 1.82) is 0 Å². The molecule has 2 heterocycles. The topological polar surface area (TPSA) is 87.5 Å². The van der Waals surface area contributed by atoms with Crippen molar-refractivity contribution in [2.45, 2.75) is 38.5 Å². The number of hydrogen-bond donors (Lipinski definition) is 1. The lowest BCUT2D eigenvalue weighted by Crippen LogP contribution is -2.49. The van der Waals surface area contributed by atoms with Crippen molar-refractivity contribution in [3.63, 3.8) is 0 Å². The standard InChI is InChI=1S/C25H28F3N5O3S/c1-4-32-16-21(23(34)29-20-10-8-19(9-11-20)25(26,27)28)24(30-32)37(35,36)33-14-12-31(13-15-33)22-7-5-6-17(2)18(22)3/h5-11,16H,4,12-15H2,1-3H3,(H,29,34). The van der Waals surface area contributed by atoms with Crippen LogP contribution in [0.1, 0.15) is 34.0 Å². The number of carbonyl (C=O) groups is 1. The van der Waals surface area contributed by atoms with Gasteiger partial charge in [0.05, 0.1) is 11.1 Å². The number of halogens is 3. The van der Waals surface area contributed by atoms with Crippen LogP contribution >= 0.6 is 0 Å². The highest BCUT2D eigenvalue weighted by Gasteiger charge is 2.35. The Balaban J connectivity index is 1.54. The summed E-state index contributed by atoms with van der Waals surface area (Å²) in [5, 5.41) is 6.25. The van der Waals surface area contributed by atoms with Gasteiger partial charge in [-0.25, -0.2) is 8.42 Å². The van der Waals surface area contributed by atoms with Crippen LogP contribution in [0.4, 0.5) is 24.5 Å².